The minimum Gasteiger partial charge on any atom is -0.482 e. The van der Waals surface area contributed by atoms with E-state index in [0.29, 0.717) is 23.7 Å². The van der Waals surface area contributed by atoms with E-state index in [-0.39, 0.29) is 34.2 Å². The molecule has 0 aromatic heterocycles. The number of carbonyl (C=O) groups excluding carboxylic acids is 1. The van der Waals surface area contributed by atoms with Crippen LogP contribution < -0.4 is 14.4 Å². The van der Waals surface area contributed by atoms with Crippen LogP contribution in [0, 0.1) is 0 Å². The van der Waals surface area contributed by atoms with Gasteiger partial charge in [-0.3, -0.25) is 9.10 Å². The smallest absolute Gasteiger partial charge is 0.264 e. The summed E-state index contributed by atoms with van der Waals surface area (Å²) in [5.41, 5.74) is 2.58. The predicted molar refractivity (Wildman–Crippen MR) is 130 cm³/mol. The standard InChI is InChI=1S/C24H22Cl2N2O4S/c1-16(17-6-8-19(25)9-7-17)27-24(29)15-32-23-11-10-20(14-21(23)26)33(30,31)28-13-12-18-4-2-3-5-22(18)28/h2-11,14,16H,12-13,15H2,1H3,(H,27,29). The van der Waals surface area contributed by atoms with E-state index in [4.69, 9.17) is 27.9 Å². The first-order chi connectivity index (χ1) is 15.8. The molecule has 0 saturated carbocycles. The van der Waals surface area contributed by atoms with Gasteiger partial charge in [0.05, 0.1) is 21.6 Å². The van der Waals surface area contributed by atoms with E-state index >= 15 is 0 Å². The van der Waals surface area contributed by atoms with Gasteiger partial charge < -0.3 is 10.1 Å². The Labute approximate surface area is 203 Å². The summed E-state index contributed by atoms with van der Waals surface area (Å²) in [5.74, 6) is -0.106. The summed E-state index contributed by atoms with van der Waals surface area (Å²) >= 11 is 12.2. The van der Waals surface area contributed by atoms with Crippen LogP contribution in [0.3, 0.4) is 0 Å². The molecule has 0 bridgehead atoms. The number of amides is 1. The number of ether oxygens (including phenoxy) is 1. The van der Waals surface area contributed by atoms with E-state index in [9.17, 15) is 13.2 Å². The molecule has 4 rings (SSSR count). The lowest BCUT2D eigenvalue weighted by Gasteiger charge is -2.20. The highest BCUT2D eigenvalue weighted by atomic mass is 35.5. The van der Waals surface area contributed by atoms with Crippen LogP contribution >= 0.6 is 23.2 Å². The summed E-state index contributed by atoms with van der Waals surface area (Å²) in [7, 11) is -3.77. The fourth-order valence-corrected chi connectivity index (χ4v) is 5.66. The summed E-state index contributed by atoms with van der Waals surface area (Å²) in [5, 5.41) is 3.57. The summed E-state index contributed by atoms with van der Waals surface area (Å²) in [6.07, 6.45) is 0.661. The van der Waals surface area contributed by atoms with Crippen molar-refractivity contribution in [1.82, 2.24) is 5.32 Å². The molecule has 0 fully saturated rings. The Morgan fingerprint density at radius 3 is 2.55 bits per heavy atom. The van der Waals surface area contributed by atoms with Gasteiger partial charge in [-0.1, -0.05) is 53.5 Å². The largest absolute Gasteiger partial charge is 0.482 e. The molecule has 1 atom stereocenters. The number of para-hydroxylation sites is 1. The van der Waals surface area contributed by atoms with Gasteiger partial charge in [-0.25, -0.2) is 8.42 Å². The maximum absolute atomic E-state index is 13.2. The van der Waals surface area contributed by atoms with Crippen LogP contribution in [0.4, 0.5) is 5.69 Å². The quantitative estimate of drug-likeness (QED) is 0.491. The van der Waals surface area contributed by atoms with E-state index in [2.05, 4.69) is 5.32 Å². The topological polar surface area (TPSA) is 75.7 Å². The van der Waals surface area contributed by atoms with Gasteiger partial charge in [0.1, 0.15) is 5.75 Å². The summed E-state index contributed by atoms with van der Waals surface area (Å²) in [6.45, 7) is 1.97. The third kappa shape index (κ3) is 5.11. The first-order valence-electron chi connectivity index (χ1n) is 10.3. The van der Waals surface area contributed by atoms with Gasteiger partial charge in [0.15, 0.2) is 6.61 Å². The Morgan fingerprint density at radius 1 is 1.09 bits per heavy atom. The summed E-state index contributed by atoms with van der Waals surface area (Å²) < 4.78 is 33.2. The molecule has 0 radical (unpaired) electrons. The van der Waals surface area contributed by atoms with E-state index in [1.807, 2.05) is 37.3 Å². The molecule has 33 heavy (non-hydrogen) atoms. The maximum Gasteiger partial charge on any atom is 0.264 e. The van der Waals surface area contributed by atoms with Crippen LogP contribution in [0.25, 0.3) is 0 Å². The lowest BCUT2D eigenvalue weighted by Crippen LogP contribution is -2.31. The number of sulfonamides is 1. The van der Waals surface area contributed by atoms with Crippen molar-refractivity contribution < 1.29 is 17.9 Å². The van der Waals surface area contributed by atoms with Crippen molar-refractivity contribution >= 4 is 44.8 Å². The molecule has 172 valence electrons. The van der Waals surface area contributed by atoms with Crippen molar-refractivity contribution in [2.75, 3.05) is 17.5 Å². The zero-order valence-electron chi connectivity index (χ0n) is 17.8. The lowest BCUT2D eigenvalue weighted by atomic mass is 10.1. The molecule has 1 unspecified atom stereocenters. The van der Waals surface area contributed by atoms with Gasteiger partial charge in [0.2, 0.25) is 0 Å². The van der Waals surface area contributed by atoms with Crippen LogP contribution in [-0.4, -0.2) is 27.5 Å². The minimum absolute atomic E-state index is 0.0670. The van der Waals surface area contributed by atoms with E-state index in [0.717, 1.165) is 11.1 Å². The fraction of sp³-hybridized carbons (Fsp3) is 0.208. The number of hydrogen-bond acceptors (Lipinski definition) is 4. The Kier molecular flexibility index (Phi) is 6.83. The van der Waals surface area contributed by atoms with E-state index in [1.54, 1.807) is 18.2 Å². The van der Waals surface area contributed by atoms with Gasteiger partial charge >= 0.3 is 0 Å². The zero-order valence-corrected chi connectivity index (χ0v) is 20.1. The Hall–Kier alpha value is -2.74. The lowest BCUT2D eigenvalue weighted by molar-refractivity contribution is -0.123. The monoisotopic (exact) mass is 504 g/mol. The molecule has 1 aliphatic rings. The van der Waals surface area contributed by atoms with Gasteiger partial charge in [-0.2, -0.15) is 0 Å². The number of halogens is 2. The molecular formula is C24H22Cl2N2O4S. The second-order valence-electron chi connectivity index (χ2n) is 7.68. The molecule has 3 aromatic rings. The average molecular weight is 505 g/mol. The first kappa shape index (κ1) is 23.4. The number of fused-ring (bicyclic) bond motifs is 1. The molecule has 1 N–H and O–H groups in total. The number of anilines is 1. The molecule has 3 aromatic carbocycles. The third-order valence-corrected chi connectivity index (χ3v) is 7.80. The molecule has 0 saturated heterocycles. The number of benzene rings is 3. The highest BCUT2D eigenvalue weighted by Crippen LogP contribution is 2.35. The minimum atomic E-state index is -3.77. The van der Waals surface area contributed by atoms with Crippen molar-refractivity contribution in [3.05, 3.63) is 87.9 Å². The number of rotatable bonds is 7. The number of nitrogens with zero attached hydrogens (tertiary/aromatic N) is 1. The summed E-state index contributed by atoms with van der Waals surface area (Å²) in [4.78, 5) is 12.4. The van der Waals surface area contributed by atoms with Crippen molar-refractivity contribution in [3.8, 4) is 5.75 Å². The van der Waals surface area contributed by atoms with Crippen LogP contribution in [0.5, 0.6) is 5.75 Å². The van der Waals surface area contributed by atoms with Gasteiger partial charge in [0, 0.05) is 11.6 Å². The molecule has 6 nitrogen and oxygen atoms in total. The molecule has 1 heterocycles. The van der Waals surface area contributed by atoms with Crippen molar-refractivity contribution in [1.29, 1.82) is 0 Å². The first-order valence-corrected chi connectivity index (χ1v) is 12.5. The molecule has 1 amide bonds. The van der Waals surface area contributed by atoms with Gasteiger partial charge in [-0.05, 0) is 60.9 Å². The number of nitrogens with one attached hydrogen (secondary N) is 1. The maximum atomic E-state index is 13.2. The van der Waals surface area contributed by atoms with Crippen molar-refractivity contribution in [3.63, 3.8) is 0 Å². The van der Waals surface area contributed by atoms with E-state index < -0.39 is 10.0 Å². The number of hydrogen-bond donors (Lipinski definition) is 1. The Morgan fingerprint density at radius 2 is 1.82 bits per heavy atom. The Balaban J connectivity index is 1.41. The average Bonchev–Trinajstić information content (AvgIpc) is 3.23. The van der Waals surface area contributed by atoms with Crippen LogP contribution in [0.15, 0.2) is 71.6 Å². The van der Waals surface area contributed by atoms with Crippen molar-refractivity contribution in [2.24, 2.45) is 0 Å². The molecule has 0 aliphatic carbocycles. The van der Waals surface area contributed by atoms with Crippen LogP contribution in [0.2, 0.25) is 10.0 Å². The van der Waals surface area contributed by atoms with Crippen LogP contribution in [-0.2, 0) is 21.2 Å². The fourth-order valence-electron chi connectivity index (χ4n) is 3.71. The predicted octanol–water partition coefficient (Wildman–Crippen LogP) is 5.00. The van der Waals surface area contributed by atoms with E-state index in [1.165, 1.54) is 22.5 Å². The molecule has 0 spiro atoms. The molecule has 1 aliphatic heterocycles. The normalized spacial score (nSPS) is 14.0. The molecular weight excluding hydrogens is 483 g/mol. The zero-order chi connectivity index (χ0) is 23.6. The Bertz CT molecular complexity index is 1280. The highest BCUT2D eigenvalue weighted by Gasteiger charge is 2.31. The highest BCUT2D eigenvalue weighted by molar-refractivity contribution is 7.92. The third-order valence-electron chi connectivity index (χ3n) is 5.44. The van der Waals surface area contributed by atoms with Gasteiger partial charge in [-0.15, -0.1) is 0 Å². The van der Waals surface area contributed by atoms with Gasteiger partial charge in [0.25, 0.3) is 15.9 Å². The second kappa shape index (κ2) is 9.63. The van der Waals surface area contributed by atoms with Crippen molar-refractivity contribution in [2.45, 2.75) is 24.3 Å². The SMILES string of the molecule is CC(NC(=O)COc1ccc(S(=O)(=O)N2CCc3ccccc32)cc1Cl)c1ccc(Cl)cc1. The second-order valence-corrected chi connectivity index (χ2v) is 10.4. The number of carbonyl (C=O) groups is 1. The van der Waals surface area contributed by atoms with Crippen LogP contribution in [0.1, 0.15) is 24.1 Å². The summed E-state index contributed by atoms with van der Waals surface area (Å²) in [6, 6.07) is 18.6. The molecule has 9 heteroatoms.